The number of esters is 1. The lowest BCUT2D eigenvalue weighted by Gasteiger charge is -2.37. The van der Waals surface area contributed by atoms with Crippen LogP contribution in [0.25, 0.3) is 10.8 Å². The van der Waals surface area contributed by atoms with Gasteiger partial charge in [0, 0.05) is 25.6 Å². The van der Waals surface area contributed by atoms with E-state index in [0.717, 1.165) is 45.3 Å². The van der Waals surface area contributed by atoms with Crippen molar-refractivity contribution in [3.8, 4) is 0 Å². The number of piperidine rings is 2. The zero-order valence-electron chi connectivity index (χ0n) is 17.9. The fourth-order valence-corrected chi connectivity index (χ4v) is 4.86. The Hall–Kier alpha value is -2.40. The summed E-state index contributed by atoms with van der Waals surface area (Å²) in [5, 5.41) is 2.61. The number of rotatable bonds is 5. The first kappa shape index (κ1) is 20.9. The highest BCUT2D eigenvalue weighted by Crippen LogP contribution is 2.26. The maximum absolute atomic E-state index is 13.0. The van der Waals surface area contributed by atoms with Crippen LogP contribution in [0.2, 0.25) is 0 Å². The average molecular weight is 409 g/mol. The molecule has 2 heterocycles. The summed E-state index contributed by atoms with van der Waals surface area (Å²) in [7, 11) is 0. The lowest BCUT2D eigenvalue weighted by Crippen LogP contribution is -2.46. The average Bonchev–Trinajstić information content (AvgIpc) is 2.80. The van der Waals surface area contributed by atoms with Gasteiger partial charge in [-0.25, -0.2) is 0 Å². The molecule has 2 aliphatic heterocycles. The van der Waals surface area contributed by atoms with Crippen LogP contribution in [0.5, 0.6) is 0 Å². The molecule has 4 rings (SSSR count). The van der Waals surface area contributed by atoms with E-state index in [1.54, 1.807) is 0 Å². The van der Waals surface area contributed by atoms with Gasteiger partial charge in [0.05, 0.1) is 12.5 Å². The van der Waals surface area contributed by atoms with Gasteiger partial charge >= 0.3 is 5.97 Å². The SMILES string of the molecule is CCOC(=O)C1CCN(C(=O)C2CCN(Cc3cccc4ccccc34)CC2)CC1. The van der Waals surface area contributed by atoms with E-state index in [2.05, 4.69) is 47.4 Å². The molecule has 0 radical (unpaired) electrons. The minimum absolute atomic E-state index is 0.0449. The molecule has 0 saturated carbocycles. The van der Waals surface area contributed by atoms with Gasteiger partial charge in [-0.3, -0.25) is 14.5 Å². The molecule has 1 amide bonds. The number of likely N-dealkylation sites (tertiary alicyclic amines) is 2. The smallest absolute Gasteiger partial charge is 0.309 e. The molecule has 0 unspecified atom stereocenters. The van der Waals surface area contributed by atoms with E-state index in [4.69, 9.17) is 4.74 Å². The summed E-state index contributed by atoms with van der Waals surface area (Å²) in [5.41, 5.74) is 1.36. The second-order valence-electron chi connectivity index (χ2n) is 8.54. The maximum Gasteiger partial charge on any atom is 0.309 e. The van der Waals surface area contributed by atoms with Crippen molar-refractivity contribution < 1.29 is 14.3 Å². The van der Waals surface area contributed by atoms with Crippen molar-refractivity contribution in [1.82, 2.24) is 9.80 Å². The molecule has 2 aromatic rings. The van der Waals surface area contributed by atoms with Gasteiger partial charge in [-0.1, -0.05) is 42.5 Å². The van der Waals surface area contributed by atoms with Gasteiger partial charge in [0.25, 0.3) is 0 Å². The molecule has 5 heteroatoms. The first-order chi connectivity index (χ1) is 14.7. The molecule has 0 aromatic heterocycles. The molecule has 2 aromatic carbocycles. The van der Waals surface area contributed by atoms with Gasteiger partial charge < -0.3 is 9.64 Å². The van der Waals surface area contributed by atoms with E-state index < -0.39 is 0 Å². The molecule has 0 aliphatic carbocycles. The van der Waals surface area contributed by atoms with Crippen molar-refractivity contribution >= 4 is 22.6 Å². The van der Waals surface area contributed by atoms with Gasteiger partial charge in [0.2, 0.25) is 5.91 Å². The Balaban J connectivity index is 1.27. The van der Waals surface area contributed by atoms with E-state index in [9.17, 15) is 9.59 Å². The van der Waals surface area contributed by atoms with E-state index in [1.807, 2.05) is 11.8 Å². The number of ether oxygens (including phenoxy) is 1. The minimum atomic E-state index is -0.105. The summed E-state index contributed by atoms with van der Waals surface area (Å²) in [6.45, 7) is 6.47. The second kappa shape index (κ2) is 9.61. The molecule has 5 nitrogen and oxygen atoms in total. The van der Waals surface area contributed by atoms with Gasteiger partial charge in [0.15, 0.2) is 0 Å². The molecule has 160 valence electrons. The van der Waals surface area contributed by atoms with Crippen LogP contribution in [0.3, 0.4) is 0 Å². The predicted octanol–water partition coefficient (Wildman–Crippen LogP) is 3.85. The fourth-order valence-electron chi connectivity index (χ4n) is 4.86. The number of fused-ring (bicyclic) bond motifs is 1. The quantitative estimate of drug-likeness (QED) is 0.705. The van der Waals surface area contributed by atoms with Crippen molar-refractivity contribution in [1.29, 1.82) is 0 Å². The van der Waals surface area contributed by atoms with Gasteiger partial charge in [0.1, 0.15) is 0 Å². The van der Waals surface area contributed by atoms with E-state index >= 15 is 0 Å². The molecular weight excluding hydrogens is 376 g/mol. The highest BCUT2D eigenvalue weighted by atomic mass is 16.5. The van der Waals surface area contributed by atoms with Gasteiger partial charge in [-0.2, -0.15) is 0 Å². The Morgan fingerprint density at radius 2 is 1.57 bits per heavy atom. The molecular formula is C25H32N2O3. The molecule has 30 heavy (non-hydrogen) atoms. The number of benzene rings is 2. The number of carbonyl (C=O) groups excluding carboxylic acids is 2. The van der Waals surface area contributed by atoms with Crippen molar-refractivity contribution in [3.63, 3.8) is 0 Å². The zero-order valence-corrected chi connectivity index (χ0v) is 17.9. The Labute approximate surface area is 179 Å². The number of hydrogen-bond acceptors (Lipinski definition) is 4. The molecule has 0 atom stereocenters. The second-order valence-corrected chi connectivity index (χ2v) is 8.54. The molecule has 2 saturated heterocycles. The Morgan fingerprint density at radius 3 is 2.30 bits per heavy atom. The number of nitrogens with zero attached hydrogens (tertiary/aromatic N) is 2. The van der Waals surface area contributed by atoms with Crippen molar-refractivity contribution in [3.05, 3.63) is 48.0 Å². The Kier molecular flexibility index (Phi) is 6.68. The summed E-state index contributed by atoms with van der Waals surface area (Å²) in [5.74, 6) is 0.248. The van der Waals surface area contributed by atoms with E-state index in [-0.39, 0.29) is 23.7 Å². The first-order valence-electron chi connectivity index (χ1n) is 11.3. The first-order valence-corrected chi connectivity index (χ1v) is 11.3. The molecule has 2 aliphatic rings. The third-order valence-corrected chi connectivity index (χ3v) is 6.64. The molecule has 0 N–H and O–H groups in total. The number of amides is 1. The van der Waals surface area contributed by atoms with Crippen LogP contribution in [0.15, 0.2) is 42.5 Å². The lowest BCUT2D eigenvalue weighted by atomic mass is 9.91. The summed E-state index contributed by atoms with van der Waals surface area (Å²) >= 11 is 0. The monoisotopic (exact) mass is 408 g/mol. The van der Waals surface area contributed by atoms with Crippen molar-refractivity contribution in [2.75, 3.05) is 32.8 Å². The van der Waals surface area contributed by atoms with E-state index in [1.165, 1.54) is 16.3 Å². The van der Waals surface area contributed by atoms with Crippen LogP contribution in [0.1, 0.15) is 38.2 Å². The fraction of sp³-hybridized carbons (Fsp3) is 0.520. The van der Waals surface area contributed by atoms with Crippen LogP contribution in [-0.2, 0) is 20.9 Å². The largest absolute Gasteiger partial charge is 0.466 e. The predicted molar refractivity (Wildman–Crippen MR) is 118 cm³/mol. The highest BCUT2D eigenvalue weighted by molar-refractivity contribution is 5.85. The molecule has 0 spiro atoms. The van der Waals surface area contributed by atoms with Crippen LogP contribution in [0.4, 0.5) is 0 Å². The Bertz CT molecular complexity index is 876. The normalized spacial score (nSPS) is 19.2. The summed E-state index contributed by atoms with van der Waals surface area (Å²) in [6, 6.07) is 15.0. The number of carbonyl (C=O) groups is 2. The third-order valence-electron chi connectivity index (χ3n) is 6.64. The van der Waals surface area contributed by atoms with Crippen LogP contribution >= 0.6 is 0 Å². The van der Waals surface area contributed by atoms with Crippen LogP contribution in [0, 0.1) is 11.8 Å². The number of hydrogen-bond donors (Lipinski definition) is 0. The highest BCUT2D eigenvalue weighted by Gasteiger charge is 2.33. The molecule has 0 bridgehead atoms. The zero-order chi connectivity index (χ0) is 20.9. The Morgan fingerprint density at radius 1 is 0.900 bits per heavy atom. The maximum atomic E-state index is 13.0. The van der Waals surface area contributed by atoms with E-state index in [0.29, 0.717) is 19.7 Å². The molecule has 2 fully saturated rings. The van der Waals surface area contributed by atoms with Gasteiger partial charge in [-0.15, -0.1) is 0 Å². The van der Waals surface area contributed by atoms with Gasteiger partial charge in [-0.05, 0) is 62.0 Å². The van der Waals surface area contributed by atoms with Crippen LogP contribution in [-0.4, -0.2) is 54.5 Å². The van der Waals surface area contributed by atoms with Crippen molar-refractivity contribution in [2.24, 2.45) is 11.8 Å². The standard InChI is InChI=1S/C25H32N2O3/c1-2-30-25(29)21-12-16-27(17-13-21)24(28)20-10-14-26(15-11-20)18-22-8-5-7-19-6-3-4-9-23(19)22/h3-9,20-21H,2,10-18H2,1H3. The summed E-state index contributed by atoms with van der Waals surface area (Å²) < 4.78 is 5.13. The summed E-state index contributed by atoms with van der Waals surface area (Å²) in [4.78, 5) is 29.3. The van der Waals surface area contributed by atoms with Crippen LogP contribution < -0.4 is 0 Å². The lowest BCUT2D eigenvalue weighted by molar-refractivity contribution is -0.152. The van der Waals surface area contributed by atoms with Crippen molar-refractivity contribution in [2.45, 2.75) is 39.2 Å². The minimum Gasteiger partial charge on any atom is -0.466 e. The topological polar surface area (TPSA) is 49.9 Å². The third kappa shape index (κ3) is 4.67. The summed E-state index contributed by atoms with van der Waals surface area (Å²) in [6.07, 6.45) is 3.29.